The predicted molar refractivity (Wildman–Crippen MR) is 115 cm³/mol. The van der Waals surface area contributed by atoms with E-state index < -0.39 is 0 Å². The molecule has 0 unspecified atom stereocenters. The Labute approximate surface area is 176 Å². The number of carbonyl (C=O) groups is 1. The van der Waals surface area contributed by atoms with Crippen LogP contribution in [0, 0.1) is 6.92 Å². The number of methoxy groups -OCH3 is 1. The van der Waals surface area contributed by atoms with Crippen molar-refractivity contribution in [2.24, 2.45) is 0 Å². The van der Waals surface area contributed by atoms with E-state index >= 15 is 0 Å². The van der Waals surface area contributed by atoms with Crippen molar-refractivity contribution in [3.63, 3.8) is 0 Å². The summed E-state index contributed by atoms with van der Waals surface area (Å²) in [6, 6.07) is 11.7. The van der Waals surface area contributed by atoms with Crippen molar-refractivity contribution in [1.29, 1.82) is 0 Å². The molecule has 3 heterocycles. The summed E-state index contributed by atoms with van der Waals surface area (Å²) in [4.78, 5) is 15.3. The number of amides is 1. The van der Waals surface area contributed by atoms with Gasteiger partial charge in [0.05, 0.1) is 25.8 Å². The third kappa shape index (κ3) is 4.68. The second-order valence-corrected chi connectivity index (χ2v) is 7.63. The van der Waals surface area contributed by atoms with E-state index in [0.717, 1.165) is 67.4 Å². The molecule has 2 aromatic heterocycles. The number of carbonyl (C=O) groups excluding carboxylic acids is 1. The molecule has 0 saturated carbocycles. The molecule has 1 saturated heterocycles. The highest BCUT2D eigenvalue weighted by Crippen LogP contribution is 2.25. The van der Waals surface area contributed by atoms with Crippen LogP contribution in [0.3, 0.4) is 0 Å². The third-order valence-corrected chi connectivity index (χ3v) is 5.49. The molecule has 0 spiro atoms. The highest BCUT2D eigenvalue weighted by Gasteiger charge is 2.19. The Balaban J connectivity index is 1.44. The Morgan fingerprint density at radius 3 is 2.67 bits per heavy atom. The monoisotopic (exact) mass is 411 g/mol. The molecule has 0 bridgehead atoms. The number of nitrogens with zero attached hydrogens (tertiary/aromatic N) is 2. The first-order valence-electron chi connectivity index (χ1n) is 10.4. The van der Waals surface area contributed by atoms with Crippen LogP contribution in [0.15, 0.2) is 40.8 Å². The second kappa shape index (κ2) is 9.36. The van der Waals surface area contributed by atoms with E-state index in [2.05, 4.69) is 10.2 Å². The highest BCUT2D eigenvalue weighted by molar-refractivity contribution is 5.97. The maximum Gasteiger partial charge on any atom is 0.268 e. The largest absolute Gasteiger partial charge is 0.497 e. The predicted octanol–water partition coefficient (Wildman–Crippen LogP) is 3.05. The summed E-state index contributed by atoms with van der Waals surface area (Å²) < 4.78 is 18.4. The van der Waals surface area contributed by atoms with Crippen molar-refractivity contribution >= 4 is 17.0 Å². The van der Waals surface area contributed by atoms with Gasteiger partial charge in [-0.25, -0.2) is 0 Å². The first kappa shape index (κ1) is 20.5. The Hall–Kier alpha value is -2.77. The van der Waals surface area contributed by atoms with Crippen LogP contribution in [0.4, 0.5) is 0 Å². The Morgan fingerprint density at radius 2 is 1.93 bits per heavy atom. The number of furan rings is 1. The zero-order chi connectivity index (χ0) is 20.9. The summed E-state index contributed by atoms with van der Waals surface area (Å²) in [5.41, 5.74) is 3.38. The molecule has 160 valence electrons. The highest BCUT2D eigenvalue weighted by atomic mass is 16.5. The number of fused-ring (bicyclic) bond motifs is 1. The van der Waals surface area contributed by atoms with E-state index in [-0.39, 0.29) is 5.91 Å². The first-order valence-corrected chi connectivity index (χ1v) is 10.4. The van der Waals surface area contributed by atoms with Gasteiger partial charge < -0.3 is 23.8 Å². The van der Waals surface area contributed by atoms with Gasteiger partial charge in [0.2, 0.25) is 0 Å². The van der Waals surface area contributed by atoms with Crippen LogP contribution in [0.25, 0.3) is 11.1 Å². The van der Waals surface area contributed by atoms with Gasteiger partial charge in [-0.1, -0.05) is 12.1 Å². The van der Waals surface area contributed by atoms with Gasteiger partial charge in [-0.15, -0.1) is 0 Å². The fourth-order valence-corrected chi connectivity index (χ4v) is 3.86. The number of morpholine rings is 1. The molecule has 7 heteroatoms. The van der Waals surface area contributed by atoms with Crippen molar-refractivity contribution in [3.05, 3.63) is 53.4 Å². The third-order valence-electron chi connectivity index (χ3n) is 5.49. The molecule has 1 N–H and O–H groups in total. The van der Waals surface area contributed by atoms with E-state index in [9.17, 15) is 4.79 Å². The lowest BCUT2D eigenvalue weighted by molar-refractivity contribution is 0.0374. The summed E-state index contributed by atoms with van der Waals surface area (Å²) in [6.45, 7) is 7.64. The molecule has 4 rings (SSSR count). The maximum atomic E-state index is 12.9. The van der Waals surface area contributed by atoms with E-state index in [1.807, 2.05) is 47.9 Å². The number of benzene rings is 1. The van der Waals surface area contributed by atoms with Gasteiger partial charge in [-0.2, -0.15) is 0 Å². The molecule has 30 heavy (non-hydrogen) atoms. The van der Waals surface area contributed by atoms with Crippen LogP contribution < -0.4 is 10.1 Å². The summed E-state index contributed by atoms with van der Waals surface area (Å²) in [5, 5.41) is 3.07. The van der Waals surface area contributed by atoms with Gasteiger partial charge in [0, 0.05) is 38.3 Å². The van der Waals surface area contributed by atoms with Gasteiger partial charge >= 0.3 is 0 Å². The van der Waals surface area contributed by atoms with Crippen LogP contribution >= 0.6 is 0 Å². The number of aryl methyl sites for hydroxylation is 1. The average molecular weight is 412 g/mol. The van der Waals surface area contributed by atoms with Crippen molar-refractivity contribution in [2.45, 2.75) is 19.9 Å². The average Bonchev–Trinajstić information content (AvgIpc) is 3.29. The minimum absolute atomic E-state index is 0.0745. The summed E-state index contributed by atoms with van der Waals surface area (Å²) >= 11 is 0. The number of rotatable bonds is 8. The molecule has 1 aromatic carbocycles. The fraction of sp³-hybridized carbons (Fsp3) is 0.435. The standard InChI is InChI=1S/C23H29N3O4/c1-17-14-20-22(30-17)15-21(26(20)16-18-4-6-19(28-2)7-5-18)23(27)24-8-3-9-25-10-12-29-13-11-25/h4-7,14-15H,3,8-13,16H2,1-2H3,(H,24,27). The molecule has 7 nitrogen and oxygen atoms in total. The summed E-state index contributed by atoms with van der Waals surface area (Å²) in [5.74, 6) is 1.57. The second-order valence-electron chi connectivity index (χ2n) is 7.63. The van der Waals surface area contributed by atoms with Crippen molar-refractivity contribution in [3.8, 4) is 5.75 Å². The first-order chi connectivity index (χ1) is 14.6. The van der Waals surface area contributed by atoms with Gasteiger partial charge in [0.1, 0.15) is 17.2 Å². The van der Waals surface area contributed by atoms with Crippen molar-refractivity contribution in [2.75, 3.05) is 46.5 Å². The molecule has 0 aliphatic carbocycles. The van der Waals surface area contributed by atoms with Crippen LogP contribution in [0.2, 0.25) is 0 Å². The Morgan fingerprint density at radius 1 is 1.17 bits per heavy atom. The minimum atomic E-state index is -0.0745. The molecule has 1 amide bonds. The van der Waals surface area contributed by atoms with Gasteiger partial charge in [-0.05, 0) is 37.6 Å². The topological polar surface area (TPSA) is 68.9 Å². The van der Waals surface area contributed by atoms with E-state index in [0.29, 0.717) is 18.8 Å². The Kier molecular flexibility index (Phi) is 6.40. The normalized spacial score (nSPS) is 14.9. The molecule has 0 atom stereocenters. The molecular formula is C23H29N3O4. The lowest BCUT2D eigenvalue weighted by Gasteiger charge is -2.26. The SMILES string of the molecule is COc1ccc(Cn2c(C(=O)NCCCN3CCOCC3)cc3oc(C)cc32)cc1. The van der Waals surface area contributed by atoms with Crippen LogP contribution in [-0.2, 0) is 11.3 Å². The van der Waals surface area contributed by atoms with Crippen LogP contribution in [-0.4, -0.2) is 61.9 Å². The fourth-order valence-electron chi connectivity index (χ4n) is 3.86. The molecule has 3 aromatic rings. The summed E-state index contributed by atoms with van der Waals surface area (Å²) in [7, 11) is 1.65. The van der Waals surface area contributed by atoms with Crippen LogP contribution in [0.5, 0.6) is 5.75 Å². The molecule has 1 aliphatic rings. The molecule has 0 radical (unpaired) electrons. The van der Waals surface area contributed by atoms with Crippen molar-refractivity contribution in [1.82, 2.24) is 14.8 Å². The lowest BCUT2D eigenvalue weighted by Crippen LogP contribution is -2.38. The quantitative estimate of drug-likeness (QED) is 0.577. The van der Waals surface area contributed by atoms with E-state index in [1.54, 1.807) is 7.11 Å². The smallest absolute Gasteiger partial charge is 0.268 e. The minimum Gasteiger partial charge on any atom is -0.497 e. The number of nitrogens with one attached hydrogen (secondary N) is 1. The summed E-state index contributed by atoms with van der Waals surface area (Å²) in [6.07, 6.45) is 0.917. The van der Waals surface area contributed by atoms with Gasteiger partial charge in [0.25, 0.3) is 5.91 Å². The van der Waals surface area contributed by atoms with Gasteiger partial charge in [-0.3, -0.25) is 9.69 Å². The lowest BCUT2D eigenvalue weighted by atomic mass is 10.2. The molecule has 1 fully saturated rings. The van der Waals surface area contributed by atoms with Crippen LogP contribution in [0.1, 0.15) is 28.2 Å². The van der Waals surface area contributed by atoms with Crippen molar-refractivity contribution < 1.29 is 18.7 Å². The van der Waals surface area contributed by atoms with Gasteiger partial charge in [0.15, 0.2) is 5.58 Å². The zero-order valence-corrected chi connectivity index (χ0v) is 17.6. The number of hydrogen-bond donors (Lipinski definition) is 1. The maximum absolute atomic E-state index is 12.9. The zero-order valence-electron chi connectivity index (χ0n) is 17.6. The number of aromatic nitrogens is 1. The van der Waals surface area contributed by atoms with E-state index in [1.165, 1.54) is 0 Å². The molecular weight excluding hydrogens is 382 g/mol. The van der Waals surface area contributed by atoms with E-state index in [4.69, 9.17) is 13.9 Å². The number of ether oxygens (including phenoxy) is 2. The molecule has 1 aliphatic heterocycles. The Bertz CT molecular complexity index is 984. The number of hydrogen-bond acceptors (Lipinski definition) is 5.